The monoisotopic (exact) mass is 360 g/mol. The first-order valence-corrected chi connectivity index (χ1v) is 8.72. The zero-order chi connectivity index (χ0) is 18.7. The van der Waals surface area contributed by atoms with Crippen molar-refractivity contribution in [1.82, 2.24) is 4.90 Å². The Labute approximate surface area is 152 Å². The molecule has 0 unspecified atom stereocenters. The predicted molar refractivity (Wildman–Crippen MR) is 96.2 cm³/mol. The zero-order valence-corrected chi connectivity index (χ0v) is 14.9. The molecule has 138 valence electrons. The van der Waals surface area contributed by atoms with Crippen LogP contribution in [0.4, 0.5) is 14.5 Å². The highest BCUT2D eigenvalue weighted by Gasteiger charge is 2.33. The largest absolute Gasteiger partial charge is 0.494 e. The Kier molecular flexibility index (Phi) is 5.52. The van der Waals surface area contributed by atoms with E-state index in [4.69, 9.17) is 4.74 Å². The highest BCUT2D eigenvalue weighted by atomic mass is 19.1. The van der Waals surface area contributed by atoms with Gasteiger partial charge in [-0.1, -0.05) is 12.1 Å². The normalized spacial score (nSPS) is 18.2. The number of hydrogen-bond acceptors (Lipinski definition) is 3. The summed E-state index contributed by atoms with van der Waals surface area (Å²) in [6.45, 7) is 5.27. The van der Waals surface area contributed by atoms with Gasteiger partial charge in [0.05, 0.1) is 12.6 Å². The van der Waals surface area contributed by atoms with Crippen LogP contribution in [0.2, 0.25) is 0 Å². The highest BCUT2D eigenvalue weighted by Crippen LogP contribution is 2.26. The van der Waals surface area contributed by atoms with Gasteiger partial charge in [0.25, 0.3) is 0 Å². The molecule has 0 bridgehead atoms. The van der Waals surface area contributed by atoms with Crippen LogP contribution >= 0.6 is 0 Å². The van der Waals surface area contributed by atoms with Crippen LogP contribution in [0.5, 0.6) is 5.75 Å². The first-order valence-electron chi connectivity index (χ1n) is 8.72. The molecule has 0 aliphatic carbocycles. The van der Waals surface area contributed by atoms with Gasteiger partial charge in [0.15, 0.2) is 0 Å². The molecule has 1 heterocycles. The van der Waals surface area contributed by atoms with Crippen molar-refractivity contribution < 1.29 is 18.3 Å². The molecule has 3 rings (SSSR count). The second-order valence-corrected chi connectivity index (χ2v) is 6.27. The van der Waals surface area contributed by atoms with Crippen molar-refractivity contribution in [1.29, 1.82) is 0 Å². The molecule has 6 heteroatoms. The summed E-state index contributed by atoms with van der Waals surface area (Å²) in [6.07, 6.45) is 0. The van der Waals surface area contributed by atoms with Gasteiger partial charge in [-0.25, -0.2) is 8.78 Å². The molecule has 0 N–H and O–H groups in total. The van der Waals surface area contributed by atoms with Crippen LogP contribution in [0.1, 0.15) is 19.4 Å². The Morgan fingerprint density at radius 2 is 1.81 bits per heavy atom. The van der Waals surface area contributed by atoms with Gasteiger partial charge >= 0.3 is 0 Å². The predicted octanol–water partition coefficient (Wildman–Crippen LogP) is 3.60. The smallest absolute Gasteiger partial charge is 0.244 e. The Morgan fingerprint density at radius 1 is 1.12 bits per heavy atom. The Morgan fingerprint density at radius 3 is 2.50 bits per heavy atom. The first-order chi connectivity index (χ1) is 12.5. The molecule has 0 aromatic heterocycles. The topological polar surface area (TPSA) is 32.8 Å². The molecular formula is C20H22F2N2O2. The van der Waals surface area contributed by atoms with Gasteiger partial charge in [-0.2, -0.15) is 0 Å². The van der Waals surface area contributed by atoms with Crippen molar-refractivity contribution in [2.24, 2.45) is 0 Å². The quantitative estimate of drug-likeness (QED) is 0.817. The van der Waals surface area contributed by atoms with E-state index in [0.717, 1.165) is 5.69 Å². The fraction of sp³-hybridized carbons (Fsp3) is 0.350. The van der Waals surface area contributed by atoms with Crippen LogP contribution in [0.3, 0.4) is 0 Å². The minimum atomic E-state index is -0.587. The lowest BCUT2D eigenvalue weighted by atomic mass is 10.1. The van der Waals surface area contributed by atoms with E-state index in [0.29, 0.717) is 25.4 Å². The van der Waals surface area contributed by atoms with E-state index < -0.39 is 17.7 Å². The Hall–Kier alpha value is -2.47. The highest BCUT2D eigenvalue weighted by molar-refractivity contribution is 5.97. The van der Waals surface area contributed by atoms with Crippen molar-refractivity contribution in [2.45, 2.75) is 26.4 Å². The van der Waals surface area contributed by atoms with Gasteiger partial charge in [-0.3, -0.25) is 9.69 Å². The fourth-order valence-corrected chi connectivity index (χ4v) is 3.18. The third-order valence-corrected chi connectivity index (χ3v) is 4.65. The van der Waals surface area contributed by atoms with E-state index in [1.807, 2.05) is 31.2 Å². The Balaban J connectivity index is 1.75. The Bertz CT molecular complexity index is 777. The maximum Gasteiger partial charge on any atom is 0.244 e. The summed E-state index contributed by atoms with van der Waals surface area (Å²) in [6, 6.07) is 10.7. The summed E-state index contributed by atoms with van der Waals surface area (Å²) in [5.41, 5.74) is 0.767. The summed E-state index contributed by atoms with van der Waals surface area (Å²) in [7, 11) is 0. The molecule has 1 saturated heterocycles. The second kappa shape index (κ2) is 7.83. The SMILES string of the molecule is CCOc1cccc(N2CCN(Cc3c(F)cccc3F)[C@H](C)C2=O)c1. The number of hydrogen-bond donors (Lipinski definition) is 0. The van der Waals surface area contributed by atoms with Crippen LogP contribution in [0.25, 0.3) is 0 Å². The molecule has 1 aliphatic rings. The lowest BCUT2D eigenvalue weighted by molar-refractivity contribution is -0.125. The second-order valence-electron chi connectivity index (χ2n) is 6.27. The van der Waals surface area contributed by atoms with Gasteiger partial charge in [0, 0.05) is 37.0 Å². The molecule has 2 aromatic carbocycles. The van der Waals surface area contributed by atoms with Gasteiger partial charge in [-0.05, 0) is 38.1 Å². The van der Waals surface area contributed by atoms with Gasteiger partial charge < -0.3 is 9.64 Å². The van der Waals surface area contributed by atoms with E-state index in [2.05, 4.69) is 0 Å². The van der Waals surface area contributed by atoms with Crippen LogP contribution in [0, 0.1) is 11.6 Å². The number of piperazine rings is 1. The number of amides is 1. The molecule has 1 fully saturated rings. The molecule has 1 amide bonds. The van der Waals surface area contributed by atoms with E-state index in [9.17, 15) is 13.6 Å². The van der Waals surface area contributed by atoms with Crippen LogP contribution in [0.15, 0.2) is 42.5 Å². The number of rotatable bonds is 5. The number of anilines is 1. The minimum absolute atomic E-state index is 0.000979. The van der Waals surface area contributed by atoms with Crippen molar-refractivity contribution in [2.75, 3.05) is 24.6 Å². The maximum absolute atomic E-state index is 13.9. The van der Waals surface area contributed by atoms with Crippen molar-refractivity contribution in [3.05, 3.63) is 59.7 Å². The van der Waals surface area contributed by atoms with E-state index in [1.165, 1.54) is 18.2 Å². The summed E-state index contributed by atoms with van der Waals surface area (Å²) in [4.78, 5) is 16.3. The third kappa shape index (κ3) is 3.70. The number of halogens is 2. The molecule has 0 saturated carbocycles. The molecule has 0 radical (unpaired) electrons. The number of carbonyl (C=O) groups excluding carboxylic acids is 1. The first kappa shape index (κ1) is 18.3. The van der Waals surface area contributed by atoms with E-state index >= 15 is 0 Å². The summed E-state index contributed by atoms with van der Waals surface area (Å²) in [5.74, 6) is -0.559. The number of carbonyl (C=O) groups is 1. The molecule has 4 nitrogen and oxygen atoms in total. The maximum atomic E-state index is 13.9. The molecule has 26 heavy (non-hydrogen) atoms. The van der Waals surface area contributed by atoms with Crippen molar-refractivity contribution >= 4 is 11.6 Å². The minimum Gasteiger partial charge on any atom is -0.494 e. The molecule has 0 spiro atoms. The lowest BCUT2D eigenvalue weighted by Gasteiger charge is -2.39. The van der Waals surface area contributed by atoms with Gasteiger partial charge in [0.1, 0.15) is 17.4 Å². The average Bonchev–Trinajstić information content (AvgIpc) is 2.62. The fourth-order valence-electron chi connectivity index (χ4n) is 3.18. The summed E-state index contributed by atoms with van der Waals surface area (Å²) in [5, 5.41) is 0. The number of nitrogens with zero attached hydrogens (tertiary/aromatic N) is 2. The standard InChI is InChI=1S/C20H22F2N2O2/c1-3-26-16-7-4-6-15(12-16)24-11-10-23(14(2)20(24)25)13-17-18(21)8-5-9-19(17)22/h4-9,12,14H,3,10-11,13H2,1-2H3/t14-/m1/s1. The molecule has 1 atom stereocenters. The van der Waals surface area contributed by atoms with Crippen LogP contribution < -0.4 is 9.64 Å². The molecular weight excluding hydrogens is 338 g/mol. The van der Waals surface area contributed by atoms with E-state index in [1.54, 1.807) is 16.7 Å². The van der Waals surface area contributed by atoms with Crippen molar-refractivity contribution in [3.63, 3.8) is 0 Å². The number of ether oxygens (including phenoxy) is 1. The van der Waals surface area contributed by atoms with Crippen LogP contribution in [-0.4, -0.2) is 36.5 Å². The zero-order valence-electron chi connectivity index (χ0n) is 14.9. The average molecular weight is 360 g/mol. The van der Waals surface area contributed by atoms with Crippen molar-refractivity contribution in [3.8, 4) is 5.75 Å². The van der Waals surface area contributed by atoms with Gasteiger partial charge in [0.2, 0.25) is 5.91 Å². The summed E-state index contributed by atoms with van der Waals surface area (Å²) < 4.78 is 33.3. The molecule has 2 aromatic rings. The third-order valence-electron chi connectivity index (χ3n) is 4.65. The van der Waals surface area contributed by atoms with E-state index in [-0.39, 0.29) is 18.0 Å². The number of benzene rings is 2. The van der Waals surface area contributed by atoms with Crippen LogP contribution in [-0.2, 0) is 11.3 Å². The molecule has 1 aliphatic heterocycles. The van der Waals surface area contributed by atoms with Gasteiger partial charge in [-0.15, -0.1) is 0 Å². The lowest BCUT2D eigenvalue weighted by Crippen LogP contribution is -2.55. The summed E-state index contributed by atoms with van der Waals surface area (Å²) >= 11 is 0.